The van der Waals surface area contributed by atoms with Crippen LogP contribution in [0.5, 0.6) is 0 Å². The monoisotopic (exact) mass is 192 g/mol. The average molecular weight is 192 g/mol. The molecule has 2 nitrogen and oxygen atoms in total. The molecule has 0 saturated carbocycles. The predicted molar refractivity (Wildman–Crippen MR) is 53.8 cm³/mol. The SMILES string of the molecule is CCNC(=S)N=C1SCS1. The van der Waals surface area contributed by atoms with Crippen molar-refractivity contribution in [3.05, 3.63) is 0 Å². The van der Waals surface area contributed by atoms with E-state index in [0.717, 1.165) is 16.0 Å². The van der Waals surface area contributed by atoms with Crippen molar-refractivity contribution < 1.29 is 0 Å². The number of rotatable bonds is 1. The van der Waals surface area contributed by atoms with Gasteiger partial charge < -0.3 is 5.32 Å². The summed E-state index contributed by atoms with van der Waals surface area (Å²) in [6.07, 6.45) is 0. The highest BCUT2D eigenvalue weighted by molar-refractivity contribution is 8.52. The molecule has 56 valence electrons. The third kappa shape index (κ3) is 2.48. The Morgan fingerprint density at radius 3 is 2.90 bits per heavy atom. The molecule has 1 saturated heterocycles. The van der Waals surface area contributed by atoms with Crippen molar-refractivity contribution in [1.29, 1.82) is 0 Å². The van der Waals surface area contributed by atoms with Gasteiger partial charge in [-0.1, -0.05) is 23.5 Å². The van der Waals surface area contributed by atoms with Crippen molar-refractivity contribution in [1.82, 2.24) is 5.32 Å². The Bertz CT molecular complexity index is 160. The molecular formula is C5H8N2S3. The highest BCUT2D eigenvalue weighted by Crippen LogP contribution is 2.32. The van der Waals surface area contributed by atoms with Crippen molar-refractivity contribution in [3.63, 3.8) is 0 Å². The maximum Gasteiger partial charge on any atom is 0.194 e. The first-order valence-electron chi connectivity index (χ1n) is 2.95. The van der Waals surface area contributed by atoms with Crippen LogP contribution in [0.15, 0.2) is 4.99 Å². The van der Waals surface area contributed by atoms with Gasteiger partial charge in [-0.05, 0) is 19.1 Å². The Labute approximate surface area is 74.2 Å². The van der Waals surface area contributed by atoms with Crippen molar-refractivity contribution in [2.45, 2.75) is 6.92 Å². The van der Waals surface area contributed by atoms with Crippen LogP contribution in [-0.2, 0) is 0 Å². The van der Waals surface area contributed by atoms with E-state index in [-0.39, 0.29) is 0 Å². The fraction of sp³-hybridized carbons (Fsp3) is 0.600. The fourth-order valence-electron chi connectivity index (χ4n) is 0.450. The van der Waals surface area contributed by atoms with Crippen LogP contribution < -0.4 is 5.32 Å². The lowest BCUT2D eigenvalue weighted by Crippen LogP contribution is -2.20. The van der Waals surface area contributed by atoms with Crippen LogP contribution in [0.3, 0.4) is 0 Å². The summed E-state index contributed by atoms with van der Waals surface area (Å²) in [6, 6.07) is 0. The first-order chi connectivity index (χ1) is 4.83. The number of thioether (sulfide) groups is 2. The van der Waals surface area contributed by atoms with Crippen LogP contribution in [0.4, 0.5) is 0 Å². The van der Waals surface area contributed by atoms with Crippen LogP contribution in [0.25, 0.3) is 0 Å². The molecule has 1 rings (SSSR count). The van der Waals surface area contributed by atoms with Crippen LogP contribution in [0.2, 0.25) is 0 Å². The molecule has 1 aliphatic heterocycles. The fourth-order valence-corrected chi connectivity index (χ4v) is 2.01. The smallest absolute Gasteiger partial charge is 0.194 e. The second-order valence-electron chi connectivity index (χ2n) is 1.62. The zero-order valence-electron chi connectivity index (χ0n) is 5.59. The Kier molecular flexibility index (Phi) is 3.51. The molecule has 1 N–H and O–H groups in total. The lowest BCUT2D eigenvalue weighted by Gasteiger charge is -2.12. The van der Waals surface area contributed by atoms with Gasteiger partial charge in [0, 0.05) is 6.54 Å². The van der Waals surface area contributed by atoms with Gasteiger partial charge in [0.05, 0.1) is 5.08 Å². The van der Waals surface area contributed by atoms with Crippen LogP contribution in [0, 0.1) is 0 Å². The normalized spacial score (nSPS) is 15.9. The topological polar surface area (TPSA) is 24.4 Å². The molecule has 0 unspecified atom stereocenters. The van der Waals surface area contributed by atoms with E-state index in [1.165, 1.54) is 0 Å². The average Bonchev–Trinajstić information content (AvgIpc) is 1.80. The largest absolute Gasteiger partial charge is 0.361 e. The number of thiocarbonyl (C=S) groups is 1. The van der Waals surface area contributed by atoms with E-state index in [4.69, 9.17) is 12.2 Å². The molecule has 0 aromatic heterocycles. The zero-order valence-corrected chi connectivity index (χ0v) is 8.04. The summed E-state index contributed by atoms with van der Waals surface area (Å²) in [7, 11) is 0. The molecule has 1 heterocycles. The molecule has 10 heavy (non-hydrogen) atoms. The lowest BCUT2D eigenvalue weighted by molar-refractivity contribution is 0.974. The molecule has 0 aromatic carbocycles. The van der Waals surface area contributed by atoms with E-state index >= 15 is 0 Å². The molecule has 0 atom stereocenters. The minimum absolute atomic E-state index is 0.609. The van der Waals surface area contributed by atoms with Gasteiger partial charge in [-0.15, -0.1) is 0 Å². The van der Waals surface area contributed by atoms with E-state index < -0.39 is 0 Å². The van der Waals surface area contributed by atoms with Gasteiger partial charge in [-0.2, -0.15) is 0 Å². The van der Waals surface area contributed by atoms with E-state index in [9.17, 15) is 0 Å². The Morgan fingerprint density at radius 2 is 2.50 bits per heavy atom. The Balaban J connectivity index is 2.28. The Morgan fingerprint density at radius 1 is 1.80 bits per heavy atom. The van der Waals surface area contributed by atoms with E-state index in [2.05, 4.69) is 10.3 Å². The van der Waals surface area contributed by atoms with Gasteiger partial charge >= 0.3 is 0 Å². The predicted octanol–water partition coefficient (Wildman–Crippen LogP) is 1.67. The summed E-state index contributed by atoms with van der Waals surface area (Å²) in [4.78, 5) is 4.13. The zero-order chi connectivity index (χ0) is 7.40. The maximum atomic E-state index is 4.90. The third-order valence-corrected chi connectivity index (χ3v) is 3.45. The van der Waals surface area contributed by atoms with Gasteiger partial charge in [-0.3, -0.25) is 0 Å². The molecule has 0 amide bonds. The van der Waals surface area contributed by atoms with Gasteiger partial charge in [0.1, 0.15) is 4.38 Å². The summed E-state index contributed by atoms with van der Waals surface area (Å²) in [6.45, 7) is 2.86. The van der Waals surface area contributed by atoms with E-state index in [1.54, 1.807) is 23.5 Å². The summed E-state index contributed by atoms with van der Waals surface area (Å²) in [5, 5.41) is 4.69. The third-order valence-electron chi connectivity index (χ3n) is 0.886. The standard InChI is InChI=1S/C5H8N2S3/c1-2-6-4(8)7-5-9-3-10-5/h2-3H2,1H3,(H,6,8). The van der Waals surface area contributed by atoms with Crippen molar-refractivity contribution >= 4 is 45.2 Å². The number of nitrogens with zero attached hydrogens (tertiary/aromatic N) is 1. The lowest BCUT2D eigenvalue weighted by atomic mass is 10.7. The van der Waals surface area contributed by atoms with Crippen molar-refractivity contribution in [2.75, 3.05) is 11.6 Å². The maximum absolute atomic E-state index is 4.90. The second-order valence-corrected chi connectivity index (χ2v) is 4.56. The number of hydrogen-bond acceptors (Lipinski definition) is 3. The summed E-state index contributed by atoms with van der Waals surface area (Å²) in [5.74, 6) is 0. The van der Waals surface area contributed by atoms with Gasteiger partial charge in [0.25, 0.3) is 0 Å². The minimum atomic E-state index is 0.609. The second kappa shape index (κ2) is 4.20. The molecule has 0 radical (unpaired) electrons. The van der Waals surface area contributed by atoms with Crippen LogP contribution >= 0.6 is 35.7 Å². The van der Waals surface area contributed by atoms with Gasteiger partial charge in [0.15, 0.2) is 5.11 Å². The number of hydrogen-bond donors (Lipinski definition) is 1. The molecule has 0 aromatic rings. The number of nitrogens with one attached hydrogen (secondary N) is 1. The highest BCUT2D eigenvalue weighted by Gasteiger charge is 2.11. The first kappa shape index (κ1) is 8.36. The molecule has 1 fully saturated rings. The number of aliphatic imine (C=N–C) groups is 1. The molecular weight excluding hydrogens is 184 g/mol. The first-order valence-corrected chi connectivity index (χ1v) is 5.33. The van der Waals surface area contributed by atoms with E-state index in [0.29, 0.717) is 5.11 Å². The quantitative estimate of drug-likeness (QED) is 0.639. The summed E-state index contributed by atoms with van der Waals surface area (Å²) < 4.78 is 1.09. The van der Waals surface area contributed by atoms with Crippen LogP contribution in [-0.4, -0.2) is 21.1 Å². The molecule has 1 aliphatic rings. The van der Waals surface area contributed by atoms with Crippen molar-refractivity contribution in [3.8, 4) is 0 Å². The summed E-state index contributed by atoms with van der Waals surface area (Å²) in [5.41, 5.74) is 0. The molecule has 0 bridgehead atoms. The van der Waals surface area contributed by atoms with E-state index in [1.807, 2.05) is 6.92 Å². The van der Waals surface area contributed by atoms with Gasteiger partial charge in [-0.25, -0.2) is 4.99 Å². The van der Waals surface area contributed by atoms with Crippen molar-refractivity contribution in [2.24, 2.45) is 4.99 Å². The minimum Gasteiger partial charge on any atom is -0.361 e. The highest BCUT2D eigenvalue weighted by atomic mass is 32.3. The molecule has 0 spiro atoms. The molecule has 0 aliphatic carbocycles. The van der Waals surface area contributed by atoms with Crippen LogP contribution in [0.1, 0.15) is 6.92 Å². The Hall–Kier alpha value is 0.260. The summed E-state index contributed by atoms with van der Waals surface area (Å²) >= 11 is 8.39. The van der Waals surface area contributed by atoms with Gasteiger partial charge in [0.2, 0.25) is 0 Å². The molecule has 5 heteroatoms.